The van der Waals surface area contributed by atoms with Crippen LogP contribution in [0.25, 0.3) is 0 Å². The molecule has 0 atom stereocenters. The van der Waals surface area contributed by atoms with E-state index < -0.39 is 41.6 Å². The molecule has 0 aliphatic heterocycles. The molecule has 0 bridgehead atoms. The summed E-state index contributed by atoms with van der Waals surface area (Å²) in [6, 6.07) is 1.14. The molecule has 17 heavy (non-hydrogen) atoms. The molecule has 1 rings (SSSR count). The number of aromatic nitrogens is 1. The number of nitrogens with zero attached hydrogens (tertiary/aromatic N) is 2. The second kappa shape index (κ2) is 4.63. The van der Waals surface area contributed by atoms with Crippen molar-refractivity contribution in [3.8, 4) is 6.07 Å². The van der Waals surface area contributed by atoms with E-state index in [9.17, 15) is 22.0 Å². The van der Waals surface area contributed by atoms with Gasteiger partial charge in [0.25, 0.3) is 6.43 Å². The zero-order chi connectivity index (χ0) is 13.2. The van der Waals surface area contributed by atoms with Gasteiger partial charge in [-0.2, -0.15) is 18.4 Å². The molecule has 1 heterocycles. The first-order chi connectivity index (χ1) is 7.82. The summed E-state index contributed by atoms with van der Waals surface area (Å²) in [6.07, 6.45) is -8.19. The first-order valence-electron chi connectivity index (χ1n) is 4.21. The fraction of sp³-hybridized carbons (Fsp3) is 0.333. The second-order valence-corrected chi connectivity index (χ2v) is 2.98. The molecule has 0 aliphatic carbocycles. The predicted octanol–water partition coefficient (Wildman–Crippen LogP) is 2.40. The van der Waals surface area contributed by atoms with Crippen LogP contribution in [0.3, 0.4) is 0 Å². The average Bonchev–Trinajstić information content (AvgIpc) is 2.25. The summed E-state index contributed by atoms with van der Waals surface area (Å²) in [5.74, 6) is 0. The summed E-state index contributed by atoms with van der Waals surface area (Å²) < 4.78 is 62.5. The van der Waals surface area contributed by atoms with Gasteiger partial charge in [-0.25, -0.2) is 8.78 Å². The van der Waals surface area contributed by atoms with E-state index in [2.05, 4.69) is 4.98 Å². The lowest BCUT2D eigenvalue weighted by Gasteiger charge is -2.15. The Labute approximate surface area is 92.1 Å². The topological polar surface area (TPSA) is 56.9 Å². The van der Waals surface area contributed by atoms with Gasteiger partial charge in [0.1, 0.15) is 6.07 Å². The summed E-state index contributed by atoms with van der Waals surface area (Å²) in [6.45, 7) is -0.935. The number of hydrogen-bond acceptors (Lipinski definition) is 3. The number of hydrogen-bond donors (Lipinski definition) is 1. The first kappa shape index (κ1) is 13.3. The van der Waals surface area contributed by atoms with Crippen molar-refractivity contribution in [3.05, 3.63) is 28.6 Å². The van der Waals surface area contributed by atoms with Crippen molar-refractivity contribution in [1.82, 2.24) is 4.98 Å². The molecule has 0 aromatic carbocycles. The standard InChI is InChI=1S/C9H5F5N2O/c10-8(11)5-2-16-6(3-17)4(1-15)7(5)9(12,13)14/h2,8,17H,3H2. The van der Waals surface area contributed by atoms with Crippen LogP contribution in [0.1, 0.15) is 28.8 Å². The molecule has 0 amide bonds. The average molecular weight is 252 g/mol. The first-order valence-corrected chi connectivity index (χ1v) is 4.21. The van der Waals surface area contributed by atoms with E-state index >= 15 is 0 Å². The highest BCUT2D eigenvalue weighted by Gasteiger charge is 2.40. The maximum atomic E-state index is 12.6. The molecule has 0 fully saturated rings. The van der Waals surface area contributed by atoms with Crippen LogP contribution >= 0.6 is 0 Å². The van der Waals surface area contributed by atoms with Gasteiger partial charge in [0.05, 0.1) is 23.4 Å². The van der Waals surface area contributed by atoms with Gasteiger partial charge in [0.2, 0.25) is 0 Å². The van der Waals surface area contributed by atoms with Gasteiger partial charge in [-0.05, 0) is 0 Å². The number of alkyl halides is 5. The summed E-state index contributed by atoms with van der Waals surface area (Å²) in [7, 11) is 0. The number of pyridine rings is 1. The Morgan fingerprint density at radius 2 is 2.00 bits per heavy atom. The molecule has 1 aromatic rings. The van der Waals surface area contributed by atoms with Crippen LogP contribution in [-0.2, 0) is 12.8 Å². The fourth-order valence-electron chi connectivity index (χ4n) is 1.28. The Morgan fingerprint density at radius 1 is 1.41 bits per heavy atom. The largest absolute Gasteiger partial charge is 0.418 e. The Morgan fingerprint density at radius 3 is 2.35 bits per heavy atom. The number of aliphatic hydroxyl groups excluding tert-OH is 1. The van der Waals surface area contributed by atoms with Gasteiger partial charge >= 0.3 is 6.18 Å². The highest BCUT2D eigenvalue weighted by Crippen LogP contribution is 2.38. The normalized spacial score (nSPS) is 11.6. The summed E-state index contributed by atoms with van der Waals surface area (Å²) in [4.78, 5) is 3.21. The molecule has 0 saturated carbocycles. The van der Waals surface area contributed by atoms with Crippen molar-refractivity contribution in [2.45, 2.75) is 19.2 Å². The zero-order valence-corrected chi connectivity index (χ0v) is 8.09. The van der Waals surface area contributed by atoms with Gasteiger partial charge in [0, 0.05) is 11.8 Å². The smallest absolute Gasteiger partial charge is 0.390 e. The monoisotopic (exact) mass is 252 g/mol. The minimum absolute atomic E-state index is 0.319. The van der Waals surface area contributed by atoms with Crippen LogP contribution in [0, 0.1) is 11.3 Å². The molecule has 0 saturated heterocycles. The van der Waals surface area contributed by atoms with Crippen molar-refractivity contribution in [3.63, 3.8) is 0 Å². The second-order valence-electron chi connectivity index (χ2n) is 2.98. The molecule has 0 radical (unpaired) electrons. The molecule has 1 aromatic heterocycles. The molecule has 0 spiro atoms. The van der Waals surface area contributed by atoms with Gasteiger partial charge in [-0.1, -0.05) is 0 Å². The number of nitriles is 1. The van der Waals surface area contributed by atoms with Gasteiger partial charge in [-0.15, -0.1) is 0 Å². The van der Waals surface area contributed by atoms with E-state index in [-0.39, 0.29) is 0 Å². The van der Waals surface area contributed by atoms with Crippen molar-refractivity contribution < 1.29 is 27.1 Å². The Balaban J connectivity index is 3.64. The van der Waals surface area contributed by atoms with Gasteiger partial charge in [-0.3, -0.25) is 4.98 Å². The fourth-order valence-corrected chi connectivity index (χ4v) is 1.28. The number of aliphatic hydroxyl groups is 1. The molecule has 1 N–H and O–H groups in total. The molecule has 0 unspecified atom stereocenters. The Kier molecular flexibility index (Phi) is 3.63. The quantitative estimate of drug-likeness (QED) is 0.822. The summed E-state index contributed by atoms with van der Waals surface area (Å²) in [5, 5.41) is 17.3. The minimum atomic E-state index is -5.11. The highest BCUT2D eigenvalue weighted by atomic mass is 19.4. The molecule has 8 heteroatoms. The summed E-state index contributed by atoms with van der Waals surface area (Å²) >= 11 is 0. The van der Waals surface area contributed by atoms with Gasteiger partial charge in [0.15, 0.2) is 0 Å². The SMILES string of the molecule is N#Cc1c(CO)ncc(C(F)F)c1C(F)(F)F. The lowest BCUT2D eigenvalue weighted by molar-refractivity contribution is -0.139. The molecular weight excluding hydrogens is 247 g/mol. The predicted molar refractivity (Wildman–Crippen MR) is 44.8 cm³/mol. The third-order valence-electron chi connectivity index (χ3n) is 1.97. The van der Waals surface area contributed by atoms with E-state index in [1.54, 1.807) is 0 Å². The lowest BCUT2D eigenvalue weighted by Crippen LogP contribution is -2.15. The van der Waals surface area contributed by atoms with E-state index in [4.69, 9.17) is 10.4 Å². The Hall–Kier alpha value is -1.75. The van der Waals surface area contributed by atoms with Crippen LogP contribution in [0.5, 0.6) is 0 Å². The van der Waals surface area contributed by atoms with E-state index in [1.807, 2.05) is 0 Å². The van der Waals surface area contributed by atoms with Gasteiger partial charge < -0.3 is 5.11 Å². The molecule has 3 nitrogen and oxygen atoms in total. The van der Waals surface area contributed by atoms with E-state index in [1.165, 1.54) is 0 Å². The van der Waals surface area contributed by atoms with Crippen LogP contribution in [0.2, 0.25) is 0 Å². The van der Waals surface area contributed by atoms with Crippen LogP contribution < -0.4 is 0 Å². The van der Waals surface area contributed by atoms with Crippen molar-refractivity contribution in [1.29, 1.82) is 5.26 Å². The molecular formula is C9H5F5N2O. The molecule has 0 aliphatic rings. The Bertz CT molecular complexity index is 464. The number of halogens is 5. The van der Waals surface area contributed by atoms with E-state index in [0.717, 1.165) is 6.07 Å². The van der Waals surface area contributed by atoms with Crippen molar-refractivity contribution in [2.75, 3.05) is 0 Å². The summed E-state index contributed by atoms with van der Waals surface area (Å²) in [5.41, 5.74) is -4.76. The third kappa shape index (κ3) is 2.50. The van der Waals surface area contributed by atoms with Crippen LogP contribution in [0.15, 0.2) is 6.20 Å². The number of rotatable bonds is 2. The highest BCUT2D eigenvalue weighted by molar-refractivity contribution is 5.47. The molecule has 92 valence electrons. The van der Waals surface area contributed by atoms with Crippen molar-refractivity contribution >= 4 is 0 Å². The van der Waals surface area contributed by atoms with Crippen molar-refractivity contribution in [2.24, 2.45) is 0 Å². The van der Waals surface area contributed by atoms with Crippen LogP contribution in [-0.4, -0.2) is 10.1 Å². The minimum Gasteiger partial charge on any atom is -0.390 e. The maximum Gasteiger partial charge on any atom is 0.418 e. The third-order valence-corrected chi connectivity index (χ3v) is 1.97. The lowest BCUT2D eigenvalue weighted by atomic mass is 10.0. The zero-order valence-electron chi connectivity index (χ0n) is 8.09. The van der Waals surface area contributed by atoms with E-state index in [0.29, 0.717) is 6.20 Å². The maximum absolute atomic E-state index is 12.6. The van der Waals surface area contributed by atoms with Crippen LogP contribution in [0.4, 0.5) is 22.0 Å².